The Morgan fingerprint density at radius 1 is 1.53 bits per heavy atom. The van der Waals surface area contributed by atoms with E-state index >= 15 is 0 Å². The van der Waals surface area contributed by atoms with Crippen LogP contribution in [-0.4, -0.2) is 18.0 Å². The lowest BCUT2D eigenvalue weighted by Crippen LogP contribution is -2.13. The molecule has 0 aliphatic carbocycles. The number of benzene rings is 1. The number of amides is 1. The Labute approximate surface area is 115 Å². The van der Waals surface area contributed by atoms with Crippen molar-refractivity contribution in [1.29, 1.82) is 0 Å². The number of aryl methyl sites for hydroxylation is 1. The van der Waals surface area contributed by atoms with Crippen LogP contribution in [0.3, 0.4) is 0 Å². The number of carbonyl (C=O) groups excluding carboxylic acids is 1. The maximum absolute atomic E-state index is 12.0. The Bertz CT molecular complexity index is 595. The molecule has 3 N–H and O–H groups in total. The molecule has 2 rings (SSSR count). The maximum Gasteiger partial charge on any atom is 0.275 e. The largest absolute Gasteiger partial charge is 0.497 e. The summed E-state index contributed by atoms with van der Waals surface area (Å²) in [5.74, 6) is 0.527. The van der Waals surface area contributed by atoms with Crippen molar-refractivity contribution >= 4 is 22.9 Å². The van der Waals surface area contributed by atoms with E-state index in [-0.39, 0.29) is 5.91 Å². The first kappa shape index (κ1) is 13.5. The molecule has 1 aromatic carbocycles. The van der Waals surface area contributed by atoms with Crippen LogP contribution in [0.5, 0.6) is 5.75 Å². The van der Waals surface area contributed by atoms with Gasteiger partial charge in [-0.3, -0.25) is 4.79 Å². The lowest BCUT2D eigenvalue weighted by atomic mass is 10.2. The van der Waals surface area contributed by atoms with Gasteiger partial charge >= 0.3 is 0 Å². The molecule has 5 nitrogen and oxygen atoms in total. The second kappa shape index (κ2) is 5.81. The standard InChI is InChI=1S/C13H15N3O2S/c1-8-5-9(18-2)3-4-10(8)16-13(17)11-7-19-12(6-14)15-11/h3-5,7H,6,14H2,1-2H3,(H,16,17). The summed E-state index contributed by atoms with van der Waals surface area (Å²) in [5, 5.41) is 5.28. The Balaban J connectivity index is 2.14. The van der Waals surface area contributed by atoms with Gasteiger partial charge in [0.05, 0.1) is 7.11 Å². The number of rotatable bonds is 4. The lowest BCUT2D eigenvalue weighted by Gasteiger charge is -2.08. The van der Waals surface area contributed by atoms with Crippen molar-refractivity contribution in [3.05, 3.63) is 39.8 Å². The van der Waals surface area contributed by atoms with Gasteiger partial charge in [0.1, 0.15) is 16.5 Å². The molecule has 0 saturated carbocycles. The van der Waals surface area contributed by atoms with Gasteiger partial charge in [-0.15, -0.1) is 11.3 Å². The van der Waals surface area contributed by atoms with Gasteiger partial charge in [0.15, 0.2) is 0 Å². The predicted molar refractivity (Wildman–Crippen MR) is 75.7 cm³/mol. The van der Waals surface area contributed by atoms with E-state index < -0.39 is 0 Å². The minimum atomic E-state index is -0.232. The van der Waals surface area contributed by atoms with Crippen molar-refractivity contribution in [2.24, 2.45) is 5.73 Å². The van der Waals surface area contributed by atoms with Crippen LogP contribution < -0.4 is 15.8 Å². The number of methoxy groups -OCH3 is 1. The van der Waals surface area contributed by atoms with Crippen LogP contribution in [0.2, 0.25) is 0 Å². The molecule has 1 aromatic heterocycles. The molecule has 0 unspecified atom stereocenters. The van der Waals surface area contributed by atoms with E-state index in [2.05, 4.69) is 10.3 Å². The molecule has 19 heavy (non-hydrogen) atoms. The average molecular weight is 277 g/mol. The monoisotopic (exact) mass is 277 g/mol. The Morgan fingerprint density at radius 3 is 2.89 bits per heavy atom. The smallest absolute Gasteiger partial charge is 0.275 e. The molecule has 0 saturated heterocycles. The number of hydrogen-bond donors (Lipinski definition) is 2. The molecule has 100 valence electrons. The molecule has 1 heterocycles. The van der Waals surface area contributed by atoms with E-state index in [1.54, 1.807) is 18.6 Å². The number of ether oxygens (including phenoxy) is 1. The highest BCUT2D eigenvalue weighted by Crippen LogP contribution is 2.21. The van der Waals surface area contributed by atoms with Crippen molar-refractivity contribution in [3.8, 4) is 5.75 Å². The summed E-state index contributed by atoms with van der Waals surface area (Å²) >= 11 is 1.38. The third kappa shape index (κ3) is 3.10. The van der Waals surface area contributed by atoms with E-state index in [0.717, 1.165) is 22.0 Å². The van der Waals surface area contributed by atoms with Crippen molar-refractivity contribution in [3.63, 3.8) is 0 Å². The van der Waals surface area contributed by atoms with Gasteiger partial charge < -0.3 is 15.8 Å². The van der Waals surface area contributed by atoms with Gasteiger partial charge in [-0.1, -0.05) is 0 Å². The van der Waals surface area contributed by atoms with Gasteiger partial charge in [0, 0.05) is 17.6 Å². The highest BCUT2D eigenvalue weighted by molar-refractivity contribution is 7.09. The number of aromatic nitrogens is 1. The first-order valence-corrected chi connectivity index (χ1v) is 6.62. The van der Waals surface area contributed by atoms with Gasteiger partial charge in [0.2, 0.25) is 0 Å². The summed E-state index contributed by atoms with van der Waals surface area (Å²) in [7, 11) is 1.61. The topological polar surface area (TPSA) is 77.2 Å². The number of thiazole rings is 1. The first-order chi connectivity index (χ1) is 9.13. The number of hydrogen-bond acceptors (Lipinski definition) is 5. The Morgan fingerprint density at radius 2 is 2.32 bits per heavy atom. The second-order valence-electron chi connectivity index (χ2n) is 3.97. The fourth-order valence-corrected chi connectivity index (χ4v) is 2.25. The minimum Gasteiger partial charge on any atom is -0.497 e. The van der Waals surface area contributed by atoms with Gasteiger partial charge in [0.25, 0.3) is 5.91 Å². The zero-order valence-electron chi connectivity index (χ0n) is 10.8. The summed E-state index contributed by atoms with van der Waals surface area (Å²) < 4.78 is 5.12. The summed E-state index contributed by atoms with van der Waals surface area (Å²) in [6.45, 7) is 2.25. The predicted octanol–water partition coefficient (Wildman–Crippen LogP) is 2.17. The number of nitrogens with zero attached hydrogens (tertiary/aromatic N) is 1. The van der Waals surface area contributed by atoms with Crippen LogP contribution in [0.1, 0.15) is 21.1 Å². The van der Waals surface area contributed by atoms with E-state index in [1.165, 1.54) is 11.3 Å². The van der Waals surface area contributed by atoms with Crippen molar-refractivity contribution in [1.82, 2.24) is 4.98 Å². The molecule has 2 aromatic rings. The number of anilines is 1. The number of carbonyl (C=O) groups is 1. The SMILES string of the molecule is COc1ccc(NC(=O)c2csc(CN)n2)c(C)c1. The third-order valence-corrected chi connectivity index (χ3v) is 3.51. The Kier molecular flexibility index (Phi) is 4.13. The zero-order valence-corrected chi connectivity index (χ0v) is 11.6. The normalized spacial score (nSPS) is 10.3. The van der Waals surface area contributed by atoms with Crippen molar-refractivity contribution in [2.45, 2.75) is 13.5 Å². The van der Waals surface area contributed by atoms with Crippen LogP contribution in [-0.2, 0) is 6.54 Å². The maximum atomic E-state index is 12.0. The minimum absolute atomic E-state index is 0.232. The van der Waals surface area contributed by atoms with E-state index in [4.69, 9.17) is 10.5 Å². The quantitative estimate of drug-likeness (QED) is 0.898. The molecule has 0 fully saturated rings. The summed E-state index contributed by atoms with van der Waals surface area (Å²) in [6.07, 6.45) is 0. The molecular weight excluding hydrogens is 262 g/mol. The van der Waals surface area contributed by atoms with Crippen LogP contribution in [0.15, 0.2) is 23.6 Å². The van der Waals surface area contributed by atoms with Crippen LogP contribution in [0, 0.1) is 6.92 Å². The van der Waals surface area contributed by atoms with Crippen molar-refractivity contribution in [2.75, 3.05) is 12.4 Å². The summed E-state index contributed by atoms with van der Waals surface area (Å²) in [4.78, 5) is 16.2. The van der Waals surface area contributed by atoms with Crippen LogP contribution in [0.4, 0.5) is 5.69 Å². The molecular formula is C13H15N3O2S. The van der Waals surface area contributed by atoms with Gasteiger partial charge in [-0.2, -0.15) is 0 Å². The second-order valence-corrected chi connectivity index (χ2v) is 4.91. The molecule has 1 amide bonds. The molecule has 0 bridgehead atoms. The zero-order chi connectivity index (χ0) is 13.8. The molecule has 0 aliphatic rings. The fraction of sp³-hybridized carbons (Fsp3) is 0.231. The van der Waals surface area contributed by atoms with Gasteiger partial charge in [-0.25, -0.2) is 4.98 Å². The summed E-state index contributed by atoms with van der Waals surface area (Å²) in [5.41, 5.74) is 7.54. The molecule has 0 spiro atoms. The average Bonchev–Trinajstić information content (AvgIpc) is 2.90. The van der Waals surface area contributed by atoms with Gasteiger partial charge in [-0.05, 0) is 30.7 Å². The Hall–Kier alpha value is -1.92. The third-order valence-electron chi connectivity index (χ3n) is 2.64. The van der Waals surface area contributed by atoms with E-state index in [9.17, 15) is 4.79 Å². The van der Waals surface area contributed by atoms with E-state index in [1.807, 2.05) is 19.1 Å². The first-order valence-electron chi connectivity index (χ1n) is 5.74. The molecule has 0 radical (unpaired) electrons. The fourth-order valence-electron chi connectivity index (χ4n) is 1.60. The lowest BCUT2D eigenvalue weighted by molar-refractivity contribution is 0.102. The van der Waals surface area contributed by atoms with Crippen LogP contribution >= 0.6 is 11.3 Å². The number of nitrogens with one attached hydrogen (secondary N) is 1. The van der Waals surface area contributed by atoms with Crippen molar-refractivity contribution < 1.29 is 9.53 Å². The molecule has 0 atom stereocenters. The summed E-state index contributed by atoms with van der Waals surface area (Å²) in [6, 6.07) is 5.47. The highest BCUT2D eigenvalue weighted by Gasteiger charge is 2.11. The van der Waals surface area contributed by atoms with Crippen LogP contribution in [0.25, 0.3) is 0 Å². The molecule has 6 heteroatoms. The van der Waals surface area contributed by atoms with E-state index in [0.29, 0.717) is 12.2 Å². The highest BCUT2D eigenvalue weighted by atomic mass is 32.1. The molecule has 0 aliphatic heterocycles. The number of nitrogens with two attached hydrogens (primary N) is 1.